The molecule has 0 aromatic heterocycles. The average Bonchev–Trinajstić information content (AvgIpc) is 2.58. The van der Waals surface area contributed by atoms with Crippen LogP contribution in [0.25, 0.3) is 0 Å². The van der Waals surface area contributed by atoms with Crippen LogP contribution >= 0.6 is 0 Å². The topological polar surface area (TPSA) is 58.6 Å². The van der Waals surface area contributed by atoms with E-state index in [-0.39, 0.29) is 24.7 Å². The predicted octanol–water partition coefficient (Wildman–Crippen LogP) is 2.76. The molecule has 0 spiro atoms. The zero-order valence-electron chi connectivity index (χ0n) is 13.7. The number of halogens is 1. The van der Waals surface area contributed by atoms with E-state index in [1.54, 1.807) is 6.92 Å². The van der Waals surface area contributed by atoms with E-state index >= 15 is 0 Å². The van der Waals surface area contributed by atoms with Gasteiger partial charge in [0.15, 0.2) is 0 Å². The van der Waals surface area contributed by atoms with Gasteiger partial charge in [0, 0.05) is 6.42 Å². The second kappa shape index (κ2) is 8.57. The molecule has 24 heavy (non-hydrogen) atoms. The second-order valence-corrected chi connectivity index (χ2v) is 5.85. The van der Waals surface area contributed by atoms with Crippen LogP contribution in [0.3, 0.4) is 0 Å². The van der Waals surface area contributed by atoms with E-state index < -0.39 is 5.60 Å². The number of hydrogen-bond donors (Lipinski definition) is 2. The van der Waals surface area contributed by atoms with Crippen LogP contribution in [0.15, 0.2) is 54.6 Å². The monoisotopic (exact) mass is 331 g/mol. The van der Waals surface area contributed by atoms with Crippen LogP contribution in [0.2, 0.25) is 0 Å². The Labute approximate surface area is 141 Å². The maximum Gasteiger partial charge on any atom is 0.222 e. The van der Waals surface area contributed by atoms with Gasteiger partial charge in [0.05, 0.1) is 19.8 Å². The molecule has 2 N–H and O–H groups in total. The molecule has 0 aliphatic heterocycles. The maximum atomic E-state index is 12.9. The van der Waals surface area contributed by atoms with E-state index in [2.05, 4.69) is 5.32 Å². The lowest BCUT2D eigenvalue weighted by Gasteiger charge is -2.24. The molecular formula is C19H22FNO3. The van der Waals surface area contributed by atoms with Crippen LogP contribution in [-0.2, 0) is 21.7 Å². The predicted molar refractivity (Wildman–Crippen MR) is 89.7 cm³/mol. The molecule has 0 aliphatic carbocycles. The van der Waals surface area contributed by atoms with Crippen molar-refractivity contribution in [3.63, 3.8) is 0 Å². The minimum atomic E-state index is -1.26. The molecule has 128 valence electrons. The summed E-state index contributed by atoms with van der Waals surface area (Å²) in [5, 5.41) is 13.0. The number of ether oxygens (including phenoxy) is 1. The zero-order valence-corrected chi connectivity index (χ0v) is 13.7. The van der Waals surface area contributed by atoms with Gasteiger partial charge < -0.3 is 15.2 Å². The van der Waals surface area contributed by atoms with Crippen LogP contribution in [0.5, 0.6) is 0 Å². The molecular weight excluding hydrogens is 309 g/mol. The highest BCUT2D eigenvalue weighted by atomic mass is 19.1. The zero-order chi connectivity index (χ0) is 17.4. The highest BCUT2D eigenvalue weighted by Gasteiger charge is 2.23. The van der Waals surface area contributed by atoms with E-state index in [1.807, 2.05) is 30.3 Å². The van der Waals surface area contributed by atoms with Crippen molar-refractivity contribution in [3.8, 4) is 0 Å². The number of carbonyl (C=O) groups excluding carboxylic acids is 1. The first kappa shape index (κ1) is 18.1. The highest BCUT2D eigenvalue weighted by molar-refractivity contribution is 5.76. The third-order valence-corrected chi connectivity index (χ3v) is 3.68. The lowest BCUT2D eigenvalue weighted by molar-refractivity contribution is -0.123. The van der Waals surface area contributed by atoms with Crippen molar-refractivity contribution in [2.45, 2.75) is 25.6 Å². The molecule has 5 heteroatoms. The number of carbonyl (C=O) groups is 1. The van der Waals surface area contributed by atoms with E-state index in [0.717, 1.165) is 5.56 Å². The first-order valence-electron chi connectivity index (χ1n) is 7.84. The molecule has 2 rings (SSSR count). The first-order chi connectivity index (χ1) is 11.5. The maximum absolute atomic E-state index is 12.9. The first-order valence-corrected chi connectivity index (χ1v) is 7.84. The summed E-state index contributed by atoms with van der Waals surface area (Å²) in [6, 6.07) is 15.3. The molecule has 0 bridgehead atoms. The van der Waals surface area contributed by atoms with Crippen molar-refractivity contribution in [3.05, 3.63) is 71.5 Å². The van der Waals surface area contributed by atoms with Crippen molar-refractivity contribution in [2.75, 3.05) is 13.2 Å². The van der Waals surface area contributed by atoms with Gasteiger partial charge in [0.2, 0.25) is 5.91 Å². The molecule has 0 saturated carbocycles. The Balaban J connectivity index is 1.69. The van der Waals surface area contributed by atoms with Crippen molar-refractivity contribution >= 4 is 5.91 Å². The number of amides is 1. The molecule has 2 aromatic rings. The lowest BCUT2D eigenvalue weighted by atomic mass is 9.96. The van der Waals surface area contributed by atoms with Gasteiger partial charge in [-0.1, -0.05) is 42.5 Å². The third-order valence-electron chi connectivity index (χ3n) is 3.68. The van der Waals surface area contributed by atoms with Crippen LogP contribution in [0, 0.1) is 5.82 Å². The Morgan fingerprint density at radius 1 is 1.17 bits per heavy atom. The third kappa shape index (κ3) is 5.76. The van der Waals surface area contributed by atoms with Crippen molar-refractivity contribution in [2.24, 2.45) is 0 Å². The molecule has 0 aliphatic rings. The van der Waals surface area contributed by atoms with Gasteiger partial charge in [-0.05, 0) is 30.2 Å². The lowest BCUT2D eigenvalue weighted by Crippen LogP contribution is -2.38. The summed E-state index contributed by atoms with van der Waals surface area (Å²) in [5.41, 5.74) is 0.343. The van der Waals surface area contributed by atoms with Gasteiger partial charge in [0.1, 0.15) is 11.4 Å². The summed E-state index contributed by atoms with van der Waals surface area (Å²) in [4.78, 5) is 11.8. The van der Waals surface area contributed by atoms with E-state index in [1.165, 1.54) is 24.3 Å². The molecule has 0 saturated heterocycles. The number of rotatable bonds is 8. The van der Waals surface area contributed by atoms with Crippen molar-refractivity contribution < 1.29 is 19.0 Å². The van der Waals surface area contributed by atoms with Gasteiger partial charge in [0.25, 0.3) is 0 Å². The van der Waals surface area contributed by atoms with Gasteiger partial charge in [-0.25, -0.2) is 4.39 Å². The molecule has 1 amide bonds. The van der Waals surface area contributed by atoms with E-state index in [4.69, 9.17) is 4.74 Å². The Hall–Kier alpha value is -2.24. The molecule has 4 nitrogen and oxygen atoms in total. The molecule has 1 unspecified atom stereocenters. The largest absolute Gasteiger partial charge is 0.384 e. The quantitative estimate of drug-likeness (QED) is 0.731. The standard InChI is InChI=1S/C19H22FNO3/c1-19(23,16-7-9-17(20)10-8-16)14-21-18(22)11-12-24-13-15-5-3-2-4-6-15/h2-10,23H,11-14H2,1H3,(H,21,22). The molecule has 0 radical (unpaired) electrons. The van der Waals surface area contributed by atoms with Crippen LogP contribution in [-0.4, -0.2) is 24.2 Å². The number of nitrogens with one attached hydrogen (secondary N) is 1. The minimum Gasteiger partial charge on any atom is -0.384 e. The fourth-order valence-electron chi connectivity index (χ4n) is 2.20. The van der Waals surface area contributed by atoms with Gasteiger partial charge in [-0.15, -0.1) is 0 Å². The van der Waals surface area contributed by atoms with Crippen molar-refractivity contribution in [1.29, 1.82) is 0 Å². The van der Waals surface area contributed by atoms with E-state index in [9.17, 15) is 14.3 Å². The molecule has 2 aromatic carbocycles. The Morgan fingerprint density at radius 2 is 1.83 bits per heavy atom. The SMILES string of the molecule is CC(O)(CNC(=O)CCOCc1ccccc1)c1ccc(F)cc1. The van der Waals surface area contributed by atoms with Gasteiger partial charge in [-0.2, -0.15) is 0 Å². The fourth-order valence-corrected chi connectivity index (χ4v) is 2.20. The van der Waals surface area contributed by atoms with Crippen LogP contribution < -0.4 is 5.32 Å². The van der Waals surface area contributed by atoms with Gasteiger partial charge >= 0.3 is 0 Å². The smallest absolute Gasteiger partial charge is 0.222 e. The van der Waals surface area contributed by atoms with Crippen LogP contribution in [0.4, 0.5) is 4.39 Å². The summed E-state index contributed by atoms with van der Waals surface area (Å²) in [6.07, 6.45) is 0.215. The molecule has 0 heterocycles. The summed E-state index contributed by atoms with van der Waals surface area (Å²) >= 11 is 0. The normalized spacial score (nSPS) is 13.3. The number of aliphatic hydroxyl groups is 1. The number of hydrogen-bond acceptors (Lipinski definition) is 3. The molecule has 1 atom stereocenters. The Morgan fingerprint density at radius 3 is 2.50 bits per heavy atom. The summed E-state index contributed by atoms with van der Waals surface area (Å²) in [7, 11) is 0. The van der Waals surface area contributed by atoms with Crippen LogP contribution in [0.1, 0.15) is 24.5 Å². The minimum absolute atomic E-state index is 0.0517. The van der Waals surface area contributed by atoms with Gasteiger partial charge in [-0.3, -0.25) is 4.79 Å². The molecule has 0 fully saturated rings. The summed E-state index contributed by atoms with van der Waals surface area (Å²) < 4.78 is 18.4. The highest BCUT2D eigenvalue weighted by Crippen LogP contribution is 2.19. The second-order valence-electron chi connectivity index (χ2n) is 5.85. The number of benzene rings is 2. The fraction of sp³-hybridized carbons (Fsp3) is 0.316. The Bertz CT molecular complexity index is 641. The Kier molecular flexibility index (Phi) is 6.46. The van der Waals surface area contributed by atoms with Crippen molar-refractivity contribution in [1.82, 2.24) is 5.32 Å². The van der Waals surface area contributed by atoms with E-state index in [0.29, 0.717) is 18.8 Å². The summed E-state index contributed by atoms with van der Waals surface area (Å²) in [5.74, 6) is -0.570. The average molecular weight is 331 g/mol. The summed E-state index contributed by atoms with van der Waals surface area (Å²) in [6.45, 7) is 2.39.